The topological polar surface area (TPSA) is 45.2 Å². The van der Waals surface area contributed by atoms with E-state index in [0.717, 1.165) is 44.5 Å². The summed E-state index contributed by atoms with van der Waals surface area (Å²) in [7, 11) is 0. The lowest BCUT2D eigenvalue weighted by Gasteiger charge is -2.38. The fraction of sp³-hybridized carbons (Fsp3) is 0.474. The number of hydrogen-bond acceptors (Lipinski definition) is 4. The number of rotatable bonds is 2. The fourth-order valence-corrected chi connectivity index (χ4v) is 4.69. The Balaban J connectivity index is 1.47. The normalized spacial score (nSPS) is 19.6. The first-order chi connectivity index (χ1) is 12.9. The second kappa shape index (κ2) is 6.91. The van der Waals surface area contributed by atoms with Gasteiger partial charge in [-0.25, -0.2) is 4.98 Å². The molecule has 0 saturated carbocycles. The van der Waals surface area contributed by atoms with E-state index in [1.807, 2.05) is 4.90 Å². The van der Waals surface area contributed by atoms with Crippen molar-refractivity contribution in [2.24, 2.45) is 5.41 Å². The number of hydrogen-bond donors (Lipinski definition) is 1. The van der Waals surface area contributed by atoms with Crippen LogP contribution in [-0.2, 0) is 6.18 Å². The molecule has 27 heavy (non-hydrogen) atoms. The number of alkyl halides is 3. The zero-order valence-corrected chi connectivity index (χ0v) is 15.5. The van der Waals surface area contributed by atoms with Crippen LogP contribution in [0.3, 0.4) is 0 Å². The molecule has 2 saturated heterocycles. The molecule has 1 amide bonds. The molecule has 0 atom stereocenters. The van der Waals surface area contributed by atoms with Gasteiger partial charge < -0.3 is 10.2 Å². The van der Waals surface area contributed by atoms with E-state index in [1.54, 1.807) is 11.4 Å². The Morgan fingerprint density at radius 2 is 2.00 bits per heavy atom. The van der Waals surface area contributed by atoms with Crippen LogP contribution in [0.2, 0.25) is 0 Å². The summed E-state index contributed by atoms with van der Waals surface area (Å²) in [6.07, 6.45) is -1.27. The van der Waals surface area contributed by atoms with Crippen LogP contribution < -0.4 is 5.32 Å². The molecule has 8 heteroatoms. The number of halogens is 3. The molecule has 1 aromatic heterocycles. The molecule has 0 bridgehead atoms. The molecule has 0 aliphatic carbocycles. The molecule has 1 aromatic carbocycles. The van der Waals surface area contributed by atoms with E-state index in [4.69, 9.17) is 0 Å². The third-order valence-corrected chi connectivity index (χ3v) is 6.49. The minimum absolute atomic E-state index is 0.134. The monoisotopic (exact) mass is 395 g/mol. The third kappa shape index (κ3) is 3.73. The minimum Gasteiger partial charge on any atom is -0.337 e. The second-order valence-electron chi connectivity index (χ2n) is 7.34. The summed E-state index contributed by atoms with van der Waals surface area (Å²) in [4.78, 5) is 18.9. The highest BCUT2D eigenvalue weighted by molar-refractivity contribution is 7.13. The van der Waals surface area contributed by atoms with Gasteiger partial charge in [-0.1, -0.05) is 12.1 Å². The van der Waals surface area contributed by atoms with Crippen LogP contribution in [0.1, 0.15) is 35.3 Å². The maximum Gasteiger partial charge on any atom is 0.416 e. The molecule has 1 spiro atoms. The fourth-order valence-electron chi connectivity index (χ4n) is 3.90. The van der Waals surface area contributed by atoms with Gasteiger partial charge in [0.2, 0.25) is 0 Å². The standard InChI is InChI=1S/C19H20F3N3OS/c20-19(21,22)14-3-1-2-13(10-14)16-24-15(11-27-16)17(26)25-8-5-18(6-9-25)4-7-23-12-18/h1-3,10-11,23H,4-9,12H2. The predicted molar refractivity (Wildman–Crippen MR) is 97.6 cm³/mol. The number of benzene rings is 1. The number of likely N-dealkylation sites (tertiary alicyclic amines) is 1. The summed E-state index contributed by atoms with van der Waals surface area (Å²) in [5.74, 6) is -0.134. The van der Waals surface area contributed by atoms with Crippen LogP contribution in [0.15, 0.2) is 29.6 Å². The van der Waals surface area contributed by atoms with Gasteiger partial charge in [0.15, 0.2) is 0 Å². The van der Waals surface area contributed by atoms with Gasteiger partial charge in [0.05, 0.1) is 5.56 Å². The number of amides is 1. The number of thiazole rings is 1. The minimum atomic E-state index is -4.40. The van der Waals surface area contributed by atoms with Crippen molar-refractivity contribution in [1.29, 1.82) is 0 Å². The van der Waals surface area contributed by atoms with Crippen LogP contribution in [0.25, 0.3) is 10.6 Å². The molecule has 4 rings (SSSR count). The highest BCUT2D eigenvalue weighted by Gasteiger charge is 2.38. The van der Waals surface area contributed by atoms with Crippen molar-refractivity contribution < 1.29 is 18.0 Å². The Labute approximate surface area is 159 Å². The van der Waals surface area contributed by atoms with Crippen LogP contribution in [0, 0.1) is 5.41 Å². The van der Waals surface area contributed by atoms with E-state index in [0.29, 0.717) is 34.8 Å². The zero-order valence-electron chi connectivity index (χ0n) is 14.7. The molecule has 2 fully saturated rings. The Morgan fingerprint density at radius 3 is 2.67 bits per heavy atom. The number of carbonyl (C=O) groups is 1. The second-order valence-corrected chi connectivity index (χ2v) is 8.19. The zero-order chi connectivity index (χ0) is 19.1. The van der Waals surface area contributed by atoms with Crippen LogP contribution in [-0.4, -0.2) is 42.0 Å². The van der Waals surface area contributed by atoms with Crippen LogP contribution >= 0.6 is 11.3 Å². The van der Waals surface area contributed by atoms with E-state index in [-0.39, 0.29) is 5.91 Å². The van der Waals surface area contributed by atoms with Gasteiger partial charge in [-0.15, -0.1) is 11.3 Å². The quantitative estimate of drug-likeness (QED) is 0.835. The average molecular weight is 395 g/mol. The molecule has 4 nitrogen and oxygen atoms in total. The predicted octanol–water partition coefficient (Wildman–Crippen LogP) is 4.04. The van der Waals surface area contributed by atoms with Gasteiger partial charge in [0.1, 0.15) is 10.7 Å². The average Bonchev–Trinajstić information content (AvgIpc) is 3.31. The van der Waals surface area contributed by atoms with Crippen molar-refractivity contribution in [2.45, 2.75) is 25.4 Å². The van der Waals surface area contributed by atoms with Crippen LogP contribution in [0.4, 0.5) is 13.2 Å². The Hall–Kier alpha value is -1.93. The number of carbonyl (C=O) groups excluding carboxylic acids is 1. The molecule has 0 unspecified atom stereocenters. The molecule has 2 aliphatic rings. The maximum absolute atomic E-state index is 12.9. The number of aromatic nitrogens is 1. The van der Waals surface area contributed by atoms with Gasteiger partial charge in [0, 0.05) is 30.6 Å². The van der Waals surface area contributed by atoms with Crippen molar-refractivity contribution in [3.05, 3.63) is 40.9 Å². The van der Waals surface area contributed by atoms with Crippen LogP contribution in [0.5, 0.6) is 0 Å². The van der Waals surface area contributed by atoms with E-state index in [9.17, 15) is 18.0 Å². The smallest absolute Gasteiger partial charge is 0.337 e. The summed E-state index contributed by atoms with van der Waals surface area (Å²) in [5.41, 5.74) is 0.299. The van der Waals surface area contributed by atoms with Crippen molar-refractivity contribution in [3.63, 3.8) is 0 Å². The van der Waals surface area contributed by atoms with Crippen molar-refractivity contribution >= 4 is 17.2 Å². The molecule has 2 aromatic rings. The van der Waals surface area contributed by atoms with E-state index in [1.165, 1.54) is 17.4 Å². The number of piperidine rings is 1. The largest absolute Gasteiger partial charge is 0.416 e. The molecular weight excluding hydrogens is 375 g/mol. The SMILES string of the molecule is O=C(c1csc(-c2cccc(C(F)(F)F)c2)n1)N1CCC2(CCNC2)CC1. The Kier molecular flexibility index (Phi) is 4.71. The number of nitrogens with one attached hydrogen (secondary N) is 1. The maximum atomic E-state index is 12.9. The molecule has 0 radical (unpaired) electrons. The lowest BCUT2D eigenvalue weighted by molar-refractivity contribution is -0.137. The highest BCUT2D eigenvalue weighted by Crippen LogP contribution is 2.37. The van der Waals surface area contributed by atoms with E-state index in [2.05, 4.69) is 10.3 Å². The number of nitrogens with zero attached hydrogens (tertiary/aromatic N) is 2. The Bertz CT molecular complexity index is 833. The molecule has 144 valence electrons. The lowest BCUT2D eigenvalue weighted by Crippen LogP contribution is -2.44. The lowest BCUT2D eigenvalue weighted by atomic mass is 9.78. The summed E-state index contributed by atoms with van der Waals surface area (Å²) in [6.45, 7) is 3.47. The first-order valence-electron chi connectivity index (χ1n) is 9.00. The van der Waals surface area contributed by atoms with Crippen molar-refractivity contribution in [3.8, 4) is 10.6 Å². The first-order valence-corrected chi connectivity index (χ1v) is 9.88. The molecular formula is C19H20F3N3OS. The first kappa shape index (κ1) is 18.4. The van der Waals surface area contributed by atoms with Gasteiger partial charge in [-0.05, 0) is 43.4 Å². The van der Waals surface area contributed by atoms with E-state index >= 15 is 0 Å². The molecule has 3 heterocycles. The van der Waals surface area contributed by atoms with Gasteiger partial charge in [-0.3, -0.25) is 4.79 Å². The Morgan fingerprint density at radius 1 is 1.22 bits per heavy atom. The van der Waals surface area contributed by atoms with Gasteiger partial charge >= 0.3 is 6.18 Å². The summed E-state index contributed by atoms with van der Waals surface area (Å²) < 4.78 is 38.7. The third-order valence-electron chi connectivity index (χ3n) is 5.60. The van der Waals surface area contributed by atoms with Gasteiger partial charge in [0.25, 0.3) is 5.91 Å². The highest BCUT2D eigenvalue weighted by atomic mass is 32.1. The summed E-state index contributed by atoms with van der Waals surface area (Å²) in [5, 5.41) is 5.47. The van der Waals surface area contributed by atoms with Crippen molar-refractivity contribution in [2.75, 3.05) is 26.2 Å². The summed E-state index contributed by atoms with van der Waals surface area (Å²) in [6, 6.07) is 5.05. The molecule has 2 aliphatic heterocycles. The summed E-state index contributed by atoms with van der Waals surface area (Å²) >= 11 is 1.20. The van der Waals surface area contributed by atoms with E-state index < -0.39 is 11.7 Å². The molecule has 1 N–H and O–H groups in total. The van der Waals surface area contributed by atoms with Crippen molar-refractivity contribution in [1.82, 2.24) is 15.2 Å². The van der Waals surface area contributed by atoms with Gasteiger partial charge in [-0.2, -0.15) is 13.2 Å².